The summed E-state index contributed by atoms with van der Waals surface area (Å²) < 4.78 is 38.0. The molecule has 146 valence electrons. The quantitative estimate of drug-likeness (QED) is 0.439. The van der Waals surface area contributed by atoms with Crippen LogP contribution in [0.5, 0.6) is 0 Å². The van der Waals surface area contributed by atoms with E-state index >= 15 is 0 Å². The molecule has 5 nitrogen and oxygen atoms in total. The molecule has 1 heterocycles. The van der Waals surface area contributed by atoms with Crippen LogP contribution in [0.2, 0.25) is 0 Å². The smallest absolute Gasteiger partial charge is 0.294 e. The van der Waals surface area contributed by atoms with E-state index in [0.29, 0.717) is 22.5 Å². The van der Waals surface area contributed by atoms with E-state index in [0.717, 1.165) is 4.90 Å². The first kappa shape index (κ1) is 20.4. The van der Waals surface area contributed by atoms with Crippen LogP contribution < -0.4 is 0 Å². The number of carbonyl (C=O) groups is 1. The average Bonchev–Trinajstić information content (AvgIpc) is 3.09. The fourth-order valence-corrected chi connectivity index (χ4v) is 4.23. The molecule has 1 aromatic heterocycles. The van der Waals surface area contributed by atoms with E-state index in [-0.39, 0.29) is 16.1 Å². The third-order valence-corrected chi connectivity index (χ3v) is 6.12. The standard InChI is InChI=1S/C21H20O5S2/c1-21(2,3)14-4-7-16(8-5-14)27-20-12-17(28(23,24)25)9-10-18(20)19-11-6-15(13-22)26-19/h4-13H,1-3H3,(H,23,24,25). The van der Waals surface area contributed by atoms with Crippen molar-refractivity contribution in [3.05, 3.63) is 65.9 Å². The summed E-state index contributed by atoms with van der Waals surface area (Å²) in [5.74, 6) is 0.622. The Morgan fingerprint density at radius 3 is 2.21 bits per heavy atom. The number of hydrogen-bond acceptors (Lipinski definition) is 5. The number of benzene rings is 2. The molecule has 0 amide bonds. The second kappa shape index (κ2) is 7.58. The van der Waals surface area contributed by atoms with Gasteiger partial charge in [0.15, 0.2) is 12.0 Å². The molecule has 3 rings (SSSR count). The maximum atomic E-state index is 11.6. The number of rotatable bonds is 5. The summed E-state index contributed by atoms with van der Waals surface area (Å²) >= 11 is 1.35. The number of furan rings is 1. The molecule has 7 heteroatoms. The maximum absolute atomic E-state index is 11.6. The topological polar surface area (TPSA) is 84.6 Å². The van der Waals surface area contributed by atoms with Gasteiger partial charge in [-0.05, 0) is 53.4 Å². The van der Waals surface area contributed by atoms with Crippen molar-refractivity contribution in [2.75, 3.05) is 0 Å². The van der Waals surface area contributed by atoms with E-state index in [2.05, 4.69) is 20.8 Å². The van der Waals surface area contributed by atoms with Crippen LogP contribution in [0.1, 0.15) is 36.9 Å². The second-order valence-corrected chi connectivity index (χ2v) is 9.87. The van der Waals surface area contributed by atoms with E-state index in [4.69, 9.17) is 4.42 Å². The van der Waals surface area contributed by atoms with Gasteiger partial charge in [0.05, 0.1) is 4.90 Å². The number of carbonyl (C=O) groups excluding carboxylic acids is 1. The first-order chi connectivity index (χ1) is 13.1. The zero-order chi connectivity index (χ0) is 20.5. The van der Waals surface area contributed by atoms with Gasteiger partial charge in [0.25, 0.3) is 10.1 Å². The second-order valence-electron chi connectivity index (χ2n) is 7.33. The van der Waals surface area contributed by atoms with Crippen LogP contribution in [0.4, 0.5) is 0 Å². The molecule has 0 aliphatic rings. The Morgan fingerprint density at radius 2 is 1.68 bits per heavy atom. The summed E-state index contributed by atoms with van der Waals surface area (Å²) in [6.07, 6.45) is 0.605. The van der Waals surface area contributed by atoms with Gasteiger partial charge in [0.1, 0.15) is 5.76 Å². The molecule has 0 aliphatic heterocycles. The lowest BCUT2D eigenvalue weighted by Crippen LogP contribution is -2.10. The van der Waals surface area contributed by atoms with Crippen molar-refractivity contribution in [2.45, 2.75) is 40.9 Å². The molecule has 0 saturated heterocycles. The van der Waals surface area contributed by atoms with Gasteiger partial charge in [-0.2, -0.15) is 8.42 Å². The minimum absolute atomic E-state index is 0.0264. The van der Waals surface area contributed by atoms with Crippen LogP contribution in [0.15, 0.2) is 73.7 Å². The van der Waals surface area contributed by atoms with Gasteiger partial charge in [-0.25, -0.2) is 0 Å². The molecule has 1 N–H and O–H groups in total. The fraction of sp³-hybridized carbons (Fsp3) is 0.190. The third kappa shape index (κ3) is 4.55. The Balaban J connectivity index is 2.04. The Labute approximate surface area is 168 Å². The van der Waals surface area contributed by atoms with Gasteiger partial charge < -0.3 is 4.42 Å². The van der Waals surface area contributed by atoms with Crippen molar-refractivity contribution in [1.29, 1.82) is 0 Å². The van der Waals surface area contributed by atoms with Crippen LogP contribution >= 0.6 is 11.8 Å². The lowest BCUT2D eigenvalue weighted by Gasteiger charge is -2.19. The summed E-state index contributed by atoms with van der Waals surface area (Å²) in [4.78, 5) is 12.2. The first-order valence-electron chi connectivity index (χ1n) is 8.53. The monoisotopic (exact) mass is 416 g/mol. The normalized spacial score (nSPS) is 12.1. The molecule has 0 atom stereocenters. The fourth-order valence-electron chi connectivity index (χ4n) is 2.66. The molecule has 0 saturated carbocycles. The van der Waals surface area contributed by atoms with Gasteiger partial charge in [-0.3, -0.25) is 9.35 Å². The minimum Gasteiger partial charge on any atom is -0.453 e. The van der Waals surface area contributed by atoms with Crippen molar-refractivity contribution < 1.29 is 22.2 Å². The third-order valence-electron chi connectivity index (χ3n) is 4.21. The van der Waals surface area contributed by atoms with Crippen molar-refractivity contribution >= 4 is 28.2 Å². The van der Waals surface area contributed by atoms with Gasteiger partial charge in [0, 0.05) is 15.4 Å². The first-order valence-corrected chi connectivity index (χ1v) is 10.8. The predicted molar refractivity (Wildman–Crippen MR) is 109 cm³/mol. The highest BCUT2D eigenvalue weighted by Gasteiger charge is 2.18. The highest BCUT2D eigenvalue weighted by molar-refractivity contribution is 7.99. The summed E-state index contributed by atoms with van der Waals surface area (Å²) in [7, 11) is -4.34. The molecule has 0 bridgehead atoms. The predicted octanol–water partition coefficient (Wildman–Crippen LogP) is 5.45. The van der Waals surface area contributed by atoms with E-state index in [1.165, 1.54) is 29.5 Å². The van der Waals surface area contributed by atoms with Crippen molar-refractivity contribution in [3.63, 3.8) is 0 Å². The zero-order valence-electron chi connectivity index (χ0n) is 15.7. The molecular formula is C21H20O5S2. The van der Waals surface area contributed by atoms with Gasteiger partial charge >= 0.3 is 0 Å². The zero-order valence-corrected chi connectivity index (χ0v) is 17.3. The highest BCUT2D eigenvalue weighted by atomic mass is 32.2. The Bertz CT molecular complexity index is 1100. The van der Waals surface area contributed by atoms with Gasteiger partial charge in [0.2, 0.25) is 0 Å². The van der Waals surface area contributed by atoms with Crippen molar-refractivity contribution in [2.24, 2.45) is 0 Å². The summed E-state index contributed by atoms with van der Waals surface area (Å²) in [6.45, 7) is 6.39. The SMILES string of the molecule is CC(C)(C)c1ccc(Sc2cc(S(=O)(=O)O)ccc2-c2ccc(C=O)o2)cc1. The molecule has 0 aliphatic carbocycles. The highest BCUT2D eigenvalue weighted by Crippen LogP contribution is 2.38. The number of hydrogen-bond donors (Lipinski definition) is 1. The molecule has 0 unspecified atom stereocenters. The molecule has 2 aromatic carbocycles. The number of aldehydes is 1. The van der Waals surface area contributed by atoms with Crippen molar-refractivity contribution in [3.8, 4) is 11.3 Å². The summed E-state index contributed by atoms with van der Waals surface area (Å²) in [6, 6.07) is 15.5. The van der Waals surface area contributed by atoms with Gasteiger partial charge in [-0.1, -0.05) is 44.7 Å². The van der Waals surface area contributed by atoms with Crippen LogP contribution in [-0.2, 0) is 15.5 Å². The Hall–Kier alpha value is -2.35. The molecule has 0 radical (unpaired) electrons. The van der Waals surface area contributed by atoms with E-state index in [1.54, 1.807) is 18.2 Å². The van der Waals surface area contributed by atoms with Crippen LogP contribution in [-0.4, -0.2) is 19.3 Å². The maximum Gasteiger partial charge on any atom is 0.294 e. The summed E-state index contributed by atoms with van der Waals surface area (Å²) in [5, 5.41) is 0. The lowest BCUT2D eigenvalue weighted by molar-refractivity contribution is 0.110. The van der Waals surface area contributed by atoms with Crippen LogP contribution in [0, 0.1) is 0 Å². The molecule has 28 heavy (non-hydrogen) atoms. The van der Waals surface area contributed by atoms with Gasteiger partial charge in [-0.15, -0.1) is 0 Å². The average molecular weight is 417 g/mol. The van der Waals surface area contributed by atoms with Crippen molar-refractivity contribution in [1.82, 2.24) is 0 Å². The van der Waals surface area contributed by atoms with E-state index in [9.17, 15) is 17.8 Å². The lowest BCUT2D eigenvalue weighted by atomic mass is 9.87. The Kier molecular flexibility index (Phi) is 5.52. The van der Waals surface area contributed by atoms with Crippen LogP contribution in [0.3, 0.4) is 0 Å². The largest absolute Gasteiger partial charge is 0.453 e. The molecule has 3 aromatic rings. The Morgan fingerprint density at radius 1 is 1.00 bits per heavy atom. The molecule has 0 spiro atoms. The molecular weight excluding hydrogens is 396 g/mol. The van der Waals surface area contributed by atoms with E-state index < -0.39 is 10.1 Å². The molecule has 0 fully saturated rings. The minimum atomic E-state index is -4.34. The van der Waals surface area contributed by atoms with E-state index in [1.807, 2.05) is 24.3 Å². The van der Waals surface area contributed by atoms with Crippen LogP contribution in [0.25, 0.3) is 11.3 Å². The summed E-state index contributed by atoms with van der Waals surface area (Å²) in [5.41, 5.74) is 1.84.